The van der Waals surface area contributed by atoms with E-state index in [0.29, 0.717) is 19.8 Å². The van der Waals surface area contributed by atoms with Crippen molar-refractivity contribution in [3.8, 4) is 0 Å². The molecule has 1 heterocycles. The first-order valence-electron chi connectivity index (χ1n) is 5.42. The summed E-state index contributed by atoms with van der Waals surface area (Å²) in [5.41, 5.74) is 0. The fourth-order valence-corrected chi connectivity index (χ4v) is 1.10. The van der Waals surface area contributed by atoms with Gasteiger partial charge in [-0.05, 0) is 13.3 Å². The third kappa shape index (κ3) is 3.98. The minimum Gasteiger partial charge on any atom is -0.460 e. The molecule has 0 spiro atoms. The van der Waals surface area contributed by atoms with Gasteiger partial charge >= 0.3 is 5.97 Å². The quantitative estimate of drug-likeness (QED) is 0.511. The Morgan fingerprint density at radius 2 is 2.25 bits per heavy atom. The van der Waals surface area contributed by atoms with Crippen LogP contribution < -0.4 is 0 Å². The summed E-state index contributed by atoms with van der Waals surface area (Å²) in [4.78, 5) is 15.1. The van der Waals surface area contributed by atoms with Crippen LogP contribution in [0, 0.1) is 0 Å². The number of nitrogens with zero attached hydrogens (tertiary/aromatic N) is 3. The third-order valence-corrected chi connectivity index (χ3v) is 1.81. The van der Waals surface area contributed by atoms with E-state index in [2.05, 4.69) is 10.1 Å². The number of aromatic nitrogens is 3. The molecular formula is C10H17N3O3. The normalized spacial score (nSPS) is 10.4. The standard InChI is InChI=1S/C10H17N3O3/c1-3-6-15-7-5-13-8-11-9(12-13)10(14)16-4-2/h8H,3-7H2,1-2H3. The van der Waals surface area contributed by atoms with E-state index in [1.165, 1.54) is 6.33 Å². The van der Waals surface area contributed by atoms with Gasteiger partial charge in [-0.1, -0.05) is 6.92 Å². The highest BCUT2D eigenvalue weighted by Gasteiger charge is 2.11. The zero-order valence-electron chi connectivity index (χ0n) is 9.68. The number of carbonyl (C=O) groups is 1. The maximum Gasteiger partial charge on any atom is 0.378 e. The summed E-state index contributed by atoms with van der Waals surface area (Å²) in [5, 5.41) is 3.98. The van der Waals surface area contributed by atoms with Crippen molar-refractivity contribution in [2.24, 2.45) is 0 Å². The highest BCUT2D eigenvalue weighted by atomic mass is 16.5. The van der Waals surface area contributed by atoms with Crippen LogP contribution in [0.4, 0.5) is 0 Å². The Kier molecular flexibility index (Phi) is 5.49. The van der Waals surface area contributed by atoms with E-state index in [-0.39, 0.29) is 5.82 Å². The zero-order valence-corrected chi connectivity index (χ0v) is 9.68. The Morgan fingerprint density at radius 3 is 2.94 bits per heavy atom. The highest BCUT2D eigenvalue weighted by molar-refractivity contribution is 5.84. The molecule has 0 aliphatic rings. The molecule has 0 aromatic carbocycles. The molecule has 0 saturated heterocycles. The lowest BCUT2D eigenvalue weighted by molar-refractivity contribution is 0.0511. The fourth-order valence-electron chi connectivity index (χ4n) is 1.10. The molecule has 0 amide bonds. The predicted molar refractivity (Wildman–Crippen MR) is 57.1 cm³/mol. The van der Waals surface area contributed by atoms with Crippen LogP contribution >= 0.6 is 0 Å². The Labute approximate surface area is 94.6 Å². The number of ether oxygens (including phenoxy) is 2. The monoisotopic (exact) mass is 227 g/mol. The van der Waals surface area contributed by atoms with Gasteiger partial charge in [0.2, 0.25) is 0 Å². The van der Waals surface area contributed by atoms with Gasteiger partial charge in [-0.25, -0.2) is 14.5 Å². The van der Waals surface area contributed by atoms with Crippen LogP contribution in [0.2, 0.25) is 0 Å². The molecule has 0 fully saturated rings. The molecule has 1 aromatic rings. The predicted octanol–water partition coefficient (Wildman–Crippen LogP) is 0.881. The largest absolute Gasteiger partial charge is 0.460 e. The van der Waals surface area contributed by atoms with E-state index in [1.54, 1.807) is 11.6 Å². The van der Waals surface area contributed by atoms with Gasteiger partial charge in [0.25, 0.3) is 5.82 Å². The second-order valence-electron chi connectivity index (χ2n) is 3.16. The van der Waals surface area contributed by atoms with Crippen molar-refractivity contribution in [1.29, 1.82) is 0 Å². The molecule has 0 aliphatic heterocycles. The van der Waals surface area contributed by atoms with Crippen LogP contribution in [0.1, 0.15) is 30.9 Å². The molecule has 1 aromatic heterocycles. The zero-order chi connectivity index (χ0) is 11.8. The lowest BCUT2D eigenvalue weighted by atomic mass is 10.5. The van der Waals surface area contributed by atoms with Gasteiger partial charge in [-0.3, -0.25) is 0 Å². The Morgan fingerprint density at radius 1 is 1.44 bits per heavy atom. The molecule has 0 saturated carbocycles. The van der Waals surface area contributed by atoms with Gasteiger partial charge in [0.15, 0.2) is 0 Å². The Hall–Kier alpha value is -1.43. The second-order valence-corrected chi connectivity index (χ2v) is 3.16. The number of hydrogen-bond acceptors (Lipinski definition) is 5. The van der Waals surface area contributed by atoms with Crippen LogP contribution in [-0.2, 0) is 16.0 Å². The average molecular weight is 227 g/mol. The molecule has 6 nitrogen and oxygen atoms in total. The summed E-state index contributed by atoms with van der Waals surface area (Å²) in [5.74, 6) is -0.395. The summed E-state index contributed by atoms with van der Waals surface area (Å²) in [6, 6.07) is 0. The molecule has 1 rings (SSSR count). The lowest BCUT2D eigenvalue weighted by Crippen LogP contribution is -2.10. The number of rotatable bonds is 7. The summed E-state index contributed by atoms with van der Waals surface area (Å²) in [6.07, 6.45) is 2.49. The molecule has 0 radical (unpaired) electrons. The molecule has 0 bridgehead atoms. The van der Waals surface area contributed by atoms with Crippen molar-refractivity contribution in [1.82, 2.24) is 14.8 Å². The topological polar surface area (TPSA) is 66.2 Å². The van der Waals surface area contributed by atoms with Gasteiger partial charge in [-0.15, -0.1) is 5.10 Å². The highest BCUT2D eigenvalue weighted by Crippen LogP contribution is 1.94. The van der Waals surface area contributed by atoms with Crippen LogP contribution in [0.3, 0.4) is 0 Å². The van der Waals surface area contributed by atoms with Crippen molar-refractivity contribution < 1.29 is 14.3 Å². The Balaban J connectivity index is 2.36. The number of esters is 1. The van der Waals surface area contributed by atoms with Crippen LogP contribution in [-0.4, -0.2) is 40.6 Å². The van der Waals surface area contributed by atoms with E-state index in [4.69, 9.17) is 9.47 Å². The van der Waals surface area contributed by atoms with E-state index in [0.717, 1.165) is 13.0 Å². The van der Waals surface area contributed by atoms with Crippen LogP contribution in [0.5, 0.6) is 0 Å². The SMILES string of the molecule is CCCOCCn1cnc(C(=O)OCC)n1. The molecule has 0 unspecified atom stereocenters. The summed E-state index contributed by atoms with van der Waals surface area (Å²) >= 11 is 0. The van der Waals surface area contributed by atoms with E-state index < -0.39 is 5.97 Å². The van der Waals surface area contributed by atoms with E-state index >= 15 is 0 Å². The lowest BCUT2D eigenvalue weighted by Gasteiger charge is -2.01. The maximum atomic E-state index is 11.2. The molecule has 0 aliphatic carbocycles. The van der Waals surface area contributed by atoms with Crippen molar-refractivity contribution in [2.75, 3.05) is 19.8 Å². The van der Waals surface area contributed by atoms with Crippen molar-refractivity contribution in [2.45, 2.75) is 26.8 Å². The van der Waals surface area contributed by atoms with Gasteiger partial charge in [0, 0.05) is 6.61 Å². The summed E-state index contributed by atoms with van der Waals surface area (Å²) in [6.45, 7) is 6.01. The van der Waals surface area contributed by atoms with Crippen molar-refractivity contribution in [3.05, 3.63) is 12.2 Å². The number of hydrogen-bond donors (Lipinski definition) is 0. The van der Waals surface area contributed by atoms with Gasteiger partial charge in [0.05, 0.1) is 19.8 Å². The molecular weight excluding hydrogens is 210 g/mol. The minimum absolute atomic E-state index is 0.0948. The second kappa shape index (κ2) is 6.95. The molecule has 90 valence electrons. The Bertz CT molecular complexity index is 325. The number of carbonyl (C=O) groups excluding carboxylic acids is 1. The molecule has 6 heteroatoms. The van der Waals surface area contributed by atoms with Gasteiger partial charge < -0.3 is 9.47 Å². The molecule has 0 N–H and O–H groups in total. The van der Waals surface area contributed by atoms with E-state index in [1.807, 2.05) is 6.92 Å². The van der Waals surface area contributed by atoms with Crippen LogP contribution in [0.15, 0.2) is 6.33 Å². The third-order valence-electron chi connectivity index (χ3n) is 1.81. The van der Waals surface area contributed by atoms with Gasteiger partial charge in [-0.2, -0.15) is 0 Å². The van der Waals surface area contributed by atoms with Crippen molar-refractivity contribution in [3.63, 3.8) is 0 Å². The summed E-state index contributed by atoms with van der Waals surface area (Å²) < 4.78 is 11.6. The maximum absolute atomic E-state index is 11.2. The molecule has 0 atom stereocenters. The van der Waals surface area contributed by atoms with Crippen LogP contribution in [0.25, 0.3) is 0 Å². The first kappa shape index (κ1) is 12.6. The van der Waals surface area contributed by atoms with Crippen molar-refractivity contribution >= 4 is 5.97 Å². The minimum atomic E-state index is -0.490. The summed E-state index contributed by atoms with van der Waals surface area (Å²) in [7, 11) is 0. The first-order valence-corrected chi connectivity index (χ1v) is 5.42. The van der Waals surface area contributed by atoms with Gasteiger partial charge in [0.1, 0.15) is 6.33 Å². The first-order chi connectivity index (χ1) is 7.77. The van der Waals surface area contributed by atoms with E-state index in [9.17, 15) is 4.79 Å². The fraction of sp³-hybridized carbons (Fsp3) is 0.700. The smallest absolute Gasteiger partial charge is 0.378 e. The molecule has 16 heavy (non-hydrogen) atoms. The average Bonchev–Trinajstić information content (AvgIpc) is 2.73.